The van der Waals surface area contributed by atoms with E-state index in [1.165, 1.54) is 19.3 Å². The summed E-state index contributed by atoms with van der Waals surface area (Å²) < 4.78 is 0. The molecule has 1 aromatic carbocycles. The molecule has 0 radical (unpaired) electrons. The molecule has 4 fully saturated rings. The molecule has 0 aliphatic heterocycles. The Morgan fingerprint density at radius 1 is 1.00 bits per heavy atom. The maximum atomic E-state index is 12.5. The van der Waals surface area contributed by atoms with Gasteiger partial charge in [0.25, 0.3) is 0 Å². The molecular formula is C19H24N2O3. The van der Waals surface area contributed by atoms with E-state index in [9.17, 15) is 14.7 Å². The van der Waals surface area contributed by atoms with Crippen molar-refractivity contribution in [3.8, 4) is 0 Å². The number of hydrogen-bond acceptors (Lipinski definition) is 2. The first kappa shape index (κ1) is 15.5. The summed E-state index contributed by atoms with van der Waals surface area (Å²) in [5, 5.41) is 15.3. The summed E-state index contributed by atoms with van der Waals surface area (Å²) in [5.74, 6) is 1.17. The van der Waals surface area contributed by atoms with Gasteiger partial charge in [0, 0.05) is 5.54 Å². The van der Waals surface area contributed by atoms with Crippen LogP contribution < -0.4 is 10.6 Å². The highest BCUT2D eigenvalue weighted by atomic mass is 16.4. The molecule has 128 valence electrons. The van der Waals surface area contributed by atoms with Gasteiger partial charge in [0.15, 0.2) is 6.04 Å². The first-order valence-electron chi connectivity index (χ1n) is 8.89. The van der Waals surface area contributed by atoms with Crippen LogP contribution in [0.25, 0.3) is 0 Å². The predicted octanol–water partition coefficient (Wildman–Crippen LogP) is 3.08. The van der Waals surface area contributed by atoms with Crippen molar-refractivity contribution in [3.05, 3.63) is 35.9 Å². The van der Waals surface area contributed by atoms with Gasteiger partial charge in [0.1, 0.15) is 0 Å². The molecule has 4 saturated carbocycles. The van der Waals surface area contributed by atoms with Gasteiger partial charge in [-0.25, -0.2) is 9.59 Å². The van der Waals surface area contributed by atoms with Crippen LogP contribution >= 0.6 is 0 Å². The normalized spacial score (nSPS) is 34.6. The molecule has 1 aromatic rings. The van der Waals surface area contributed by atoms with Crippen LogP contribution in [0.4, 0.5) is 4.79 Å². The Labute approximate surface area is 141 Å². The number of carboxylic acids is 1. The van der Waals surface area contributed by atoms with Gasteiger partial charge in [-0.15, -0.1) is 0 Å². The smallest absolute Gasteiger partial charge is 0.330 e. The molecule has 2 amide bonds. The molecule has 4 aliphatic carbocycles. The summed E-state index contributed by atoms with van der Waals surface area (Å²) in [6.07, 6.45) is 7.08. The van der Waals surface area contributed by atoms with Gasteiger partial charge in [-0.2, -0.15) is 0 Å². The van der Waals surface area contributed by atoms with Gasteiger partial charge in [0.05, 0.1) is 0 Å². The summed E-state index contributed by atoms with van der Waals surface area (Å²) in [7, 11) is 0. The lowest BCUT2D eigenvalue weighted by Gasteiger charge is -2.56. The number of aliphatic carboxylic acids is 1. The van der Waals surface area contributed by atoms with Gasteiger partial charge in [-0.1, -0.05) is 30.3 Å². The highest BCUT2D eigenvalue weighted by Gasteiger charge is 2.51. The predicted molar refractivity (Wildman–Crippen MR) is 89.4 cm³/mol. The summed E-state index contributed by atoms with van der Waals surface area (Å²) in [4.78, 5) is 24.1. The Kier molecular flexibility index (Phi) is 3.74. The fraction of sp³-hybridized carbons (Fsp3) is 0.579. The summed E-state index contributed by atoms with van der Waals surface area (Å²) in [5.41, 5.74) is 0.476. The highest BCUT2D eigenvalue weighted by Crippen LogP contribution is 2.55. The zero-order valence-corrected chi connectivity index (χ0v) is 13.7. The molecule has 0 spiro atoms. The van der Waals surface area contributed by atoms with Crippen molar-refractivity contribution in [2.24, 2.45) is 17.8 Å². The zero-order valence-electron chi connectivity index (χ0n) is 13.7. The Balaban J connectivity index is 1.45. The van der Waals surface area contributed by atoms with Crippen LogP contribution in [0.1, 0.15) is 50.1 Å². The molecule has 3 N–H and O–H groups in total. The van der Waals surface area contributed by atoms with Crippen molar-refractivity contribution < 1.29 is 14.7 Å². The number of benzene rings is 1. The van der Waals surface area contributed by atoms with E-state index < -0.39 is 12.0 Å². The monoisotopic (exact) mass is 328 g/mol. The molecule has 4 bridgehead atoms. The van der Waals surface area contributed by atoms with Crippen LogP contribution in [0, 0.1) is 17.8 Å². The molecule has 4 aliphatic rings. The van der Waals surface area contributed by atoms with Crippen LogP contribution in [-0.2, 0) is 4.79 Å². The van der Waals surface area contributed by atoms with E-state index in [1.807, 2.05) is 6.07 Å². The van der Waals surface area contributed by atoms with Crippen molar-refractivity contribution in [2.45, 2.75) is 50.1 Å². The highest BCUT2D eigenvalue weighted by molar-refractivity contribution is 5.84. The number of amides is 2. The number of carbonyl (C=O) groups is 2. The number of hydrogen-bond donors (Lipinski definition) is 3. The molecule has 0 heterocycles. The molecule has 5 heteroatoms. The Morgan fingerprint density at radius 3 is 2.04 bits per heavy atom. The number of urea groups is 1. The van der Waals surface area contributed by atoms with Gasteiger partial charge in [0.2, 0.25) is 0 Å². The van der Waals surface area contributed by atoms with E-state index in [0.29, 0.717) is 5.56 Å². The standard InChI is InChI=1S/C19H24N2O3/c22-17(23)16(15-4-2-1-3-5-15)20-18(24)21-19-9-12-6-13(10-19)8-14(7-12)11-19/h1-5,12-14,16H,6-11H2,(H,22,23)(H2,20,21,24)/t12?,13?,14?,16-,19?/m1/s1. The largest absolute Gasteiger partial charge is 0.479 e. The maximum absolute atomic E-state index is 12.5. The number of rotatable bonds is 4. The second-order valence-electron chi connectivity index (χ2n) is 7.98. The van der Waals surface area contributed by atoms with E-state index in [1.54, 1.807) is 24.3 Å². The van der Waals surface area contributed by atoms with Crippen molar-refractivity contribution in [2.75, 3.05) is 0 Å². The summed E-state index contributed by atoms with van der Waals surface area (Å²) in [6.45, 7) is 0. The molecule has 5 nitrogen and oxygen atoms in total. The third-order valence-electron chi connectivity index (χ3n) is 6.07. The minimum Gasteiger partial charge on any atom is -0.479 e. The van der Waals surface area contributed by atoms with Crippen LogP contribution in [0.15, 0.2) is 30.3 Å². The van der Waals surface area contributed by atoms with Crippen LogP contribution in [0.5, 0.6) is 0 Å². The molecular weight excluding hydrogens is 304 g/mol. The van der Waals surface area contributed by atoms with Gasteiger partial charge >= 0.3 is 12.0 Å². The summed E-state index contributed by atoms with van der Waals surface area (Å²) >= 11 is 0. The van der Waals surface area contributed by atoms with Crippen LogP contribution in [0.2, 0.25) is 0 Å². The van der Waals surface area contributed by atoms with Gasteiger partial charge in [-0.3, -0.25) is 0 Å². The lowest BCUT2D eigenvalue weighted by Crippen LogP contribution is -2.61. The molecule has 1 atom stereocenters. The van der Waals surface area contributed by atoms with E-state index in [4.69, 9.17) is 0 Å². The van der Waals surface area contributed by atoms with Crippen molar-refractivity contribution in [1.82, 2.24) is 10.6 Å². The average molecular weight is 328 g/mol. The first-order chi connectivity index (χ1) is 11.5. The second-order valence-corrected chi connectivity index (χ2v) is 7.98. The SMILES string of the molecule is O=C(N[C@@H](C(=O)O)c1ccccc1)NC12CC3CC(CC(C3)C1)C2. The van der Waals surface area contributed by atoms with E-state index in [0.717, 1.165) is 37.0 Å². The van der Waals surface area contributed by atoms with Crippen molar-refractivity contribution in [1.29, 1.82) is 0 Å². The lowest BCUT2D eigenvalue weighted by atomic mass is 9.53. The Hall–Kier alpha value is -2.04. The minimum absolute atomic E-state index is 0.113. The van der Waals surface area contributed by atoms with Gasteiger partial charge in [-0.05, 0) is 61.8 Å². The van der Waals surface area contributed by atoms with Crippen LogP contribution in [0.3, 0.4) is 0 Å². The van der Waals surface area contributed by atoms with E-state index in [2.05, 4.69) is 10.6 Å². The molecule has 24 heavy (non-hydrogen) atoms. The molecule has 0 unspecified atom stereocenters. The fourth-order valence-electron chi connectivity index (χ4n) is 5.60. The topological polar surface area (TPSA) is 78.4 Å². The fourth-order valence-corrected chi connectivity index (χ4v) is 5.60. The van der Waals surface area contributed by atoms with Crippen LogP contribution in [-0.4, -0.2) is 22.6 Å². The van der Waals surface area contributed by atoms with Gasteiger partial charge < -0.3 is 15.7 Å². The quantitative estimate of drug-likeness (QED) is 0.795. The van der Waals surface area contributed by atoms with E-state index >= 15 is 0 Å². The average Bonchev–Trinajstić information content (AvgIpc) is 2.51. The number of nitrogens with one attached hydrogen (secondary N) is 2. The third kappa shape index (κ3) is 2.87. The number of carboxylic acid groups (broad SMARTS) is 1. The minimum atomic E-state index is -1.04. The maximum Gasteiger partial charge on any atom is 0.330 e. The molecule has 5 rings (SSSR count). The first-order valence-corrected chi connectivity index (χ1v) is 8.89. The third-order valence-corrected chi connectivity index (χ3v) is 6.07. The Bertz CT molecular complexity index is 608. The zero-order chi connectivity index (χ0) is 16.7. The molecule has 0 aromatic heterocycles. The molecule has 0 saturated heterocycles. The van der Waals surface area contributed by atoms with E-state index in [-0.39, 0.29) is 11.6 Å². The lowest BCUT2D eigenvalue weighted by molar-refractivity contribution is -0.139. The van der Waals surface area contributed by atoms with Crippen molar-refractivity contribution >= 4 is 12.0 Å². The summed E-state index contributed by atoms with van der Waals surface area (Å²) in [6, 6.07) is 7.48. The van der Waals surface area contributed by atoms with Crippen molar-refractivity contribution in [3.63, 3.8) is 0 Å². The second kappa shape index (κ2) is 5.80. The Morgan fingerprint density at radius 2 is 1.54 bits per heavy atom. The number of carbonyl (C=O) groups excluding carboxylic acids is 1.